The molecule has 0 unspecified atom stereocenters. The van der Waals surface area contributed by atoms with Gasteiger partial charge < -0.3 is 5.32 Å². The molecule has 0 spiro atoms. The molecule has 0 bridgehead atoms. The molecule has 3 nitrogen and oxygen atoms in total. The van der Waals surface area contributed by atoms with Gasteiger partial charge in [0.2, 0.25) is 0 Å². The van der Waals surface area contributed by atoms with Gasteiger partial charge in [-0.25, -0.2) is 4.39 Å². The van der Waals surface area contributed by atoms with Crippen molar-refractivity contribution in [3.05, 3.63) is 63.9 Å². The third-order valence-corrected chi connectivity index (χ3v) is 3.03. The highest BCUT2D eigenvalue weighted by atomic mass is 35.5. The van der Waals surface area contributed by atoms with Crippen molar-refractivity contribution >= 4 is 23.2 Å². The highest BCUT2D eigenvalue weighted by Crippen LogP contribution is 2.23. The summed E-state index contributed by atoms with van der Waals surface area (Å²) in [6, 6.07) is 10.7. The second-order valence-electron chi connectivity index (χ2n) is 4.24. The van der Waals surface area contributed by atoms with E-state index in [9.17, 15) is 9.18 Å². The first-order valence-electron chi connectivity index (χ1n) is 5.78. The Balaban J connectivity index is 2.26. The normalized spacial score (nSPS) is 9.90. The Labute approximate surface area is 120 Å². The van der Waals surface area contributed by atoms with Crippen molar-refractivity contribution < 1.29 is 9.18 Å². The Morgan fingerprint density at radius 1 is 1.30 bits per heavy atom. The predicted molar refractivity (Wildman–Crippen MR) is 75.3 cm³/mol. The van der Waals surface area contributed by atoms with Crippen LogP contribution in [0.2, 0.25) is 5.02 Å². The molecule has 5 heteroatoms. The van der Waals surface area contributed by atoms with E-state index in [2.05, 4.69) is 5.32 Å². The van der Waals surface area contributed by atoms with Crippen LogP contribution in [0.3, 0.4) is 0 Å². The third-order valence-electron chi connectivity index (χ3n) is 2.72. The van der Waals surface area contributed by atoms with Crippen LogP contribution in [0.1, 0.15) is 21.5 Å². The first-order valence-corrected chi connectivity index (χ1v) is 6.16. The maximum absolute atomic E-state index is 13.7. The number of amides is 1. The van der Waals surface area contributed by atoms with Gasteiger partial charge in [-0.1, -0.05) is 17.7 Å². The van der Waals surface area contributed by atoms with Crippen LogP contribution in [0.4, 0.5) is 10.1 Å². The molecule has 2 aromatic rings. The van der Waals surface area contributed by atoms with Gasteiger partial charge in [0.1, 0.15) is 5.82 Å². The van der Waals surface area contributed by atoms with Gasteiger partial charge in [0.05, 0.1) is 27.9 Å². The molecule has 0 heterocycles. The first kappa shape index (κ1) is 14.0. The van der Waals surface area contributed by atoms with Gasteiger partial charge in [0.25, 0.3) is 5.91 Å². The fourth-order valence-corrected chi connectivity index (χ4v) is 1.91. The monoisotopic (exact) mass is 288 g/mol. The summed E-state index contributed by atoms with van der Waals surface area (Å²) in [7, 11) is 0. The summed E-state index contributed by atoms with van der Waals surface area (Å²) in [5.74, 6) is -1.18. The van der Waals surface area contributed by atoms with Gasteiger partial charge in [-0.15, -0.1) is 0 Å². The molecule has 0 atom stereocenters. The fourth-order valence-electron chi connectivity index (χ4n) is 1.68. The Morgan fingerprint density at radius 3 is 2.65 bits per heavy atom. The second-order valence-corrected chi connectivity index (χ2v) is 4.65. The van der Waals surface area contributed by atoms with Crippen molar-refractivity contribution in [2.45, 2.75) is 6.92 Å². The van der Waals surface area contributed by atoms with E-state index in [4.69, 9.17) is 16.9 Å². The average Bonchev–Trinajstić information content (AvgIpc) is 2.40. The van der Waals surface area contributed by atoms with E-state index in [-0.39, 0.29) is 10.6 Å². The smallest absolute Gasteiger partial charge is 0.258 e. The minimum atomic E-state index is -0.590. The van der Waals surface area contributed by atoms with Gasteiger partial charge in [-0.3, -0.25) is 4.79 Å². The van der Waals surface area contributed by atoms with Crippen LogP contribution in [0.25, 0.3) is 0 Å². The molecule has 0 aliphatic heterocycles. The van der Waals surface area contributed by atoms with E-state index < -0.39 is 11.7 Å². The molecule has 20 heavy (non-hydrogen) atoms. The largest absolute Gasteiger partial charge is 0.321 e. The number of nitriles is 1. The Morgan fingerprint density at radius 2 is 2.05 bits per heavy atom. The van der Waals surface area contributed by atoms with Crippen LogP contribution in [0.5, 0.6) is 0 Å². The molecule has 1 N–H and O–H groups in total. The number of hydrogen-bond donors (Lipinski definition) is 1. The minimum absolute atomic E-state index is 0.0592. The molecule has 0 saturated carbocycles. The van der Waals surface area contributed by atoms with E-state index in [0.29, 0.717) is 11.3 Å². The lowest BCUT2D eigenvalue weighted by Gasteiger charge is -2.08. The first-order chi connectivity index (χ1) is 9.51. The van der Waals surface area contributed by atoms with Crippen molar-refractivity contribution in [3.63, 3.8) is 0 Å². The van der Waals surface area contributed by atoms with E-state index in [1.54, 1.807) is 13.0 Å². The molecule has 0 saturated heterocycles. The third kappa shape index (κ3) is 2.95. The van der Waals surface area contributed by atoms with Crippen LogP contribution in [-0.4, -0.2) is 5.91 Å². The number of nitrogens with one attached hydrogen (secondary N) is 1. The summed E-state index contributed by atoms with van der Waals surface area (Å²) >= 11 is 5.95. The predicted octanol–water partition coefficient (Wildman–Crippen LogP) is 3.91. The molecule has 100 valence electrons. The number of anilines is 1. The number of hydrogen-bond acceptors (Lipinski definition) is 2. The van der Waals surface area contributed by atoms with Crippen molar-refractivity contribution in [2.24, 2.45) is 0 Å². The van der Waals surface area contributed by atoms with Crippen LogP contribution in [0, 0.1) is 24.1 Å². The quantitative estimate of drug-likeness (QED) is 0.911. The Bertz CT molecular complexity index is 722. The van der Waals surface area contributed by atoms with Crippen LogP contribution in [0.15, 0.2) is 36.4 Å². The van der Waals surface area contributed by atoms with Crippen molar-refractivity contribution in [3.8, 4) is 6.07 Å². The maximum Gasteiger partial charge on any atom is 0.258 e. The summed E-state index contributed by atoms with van der Waals surface area (Å²) in [5, 5.41) is 11.5. The van der Waals surface area contributed by atoms with E-state index in [1.807, 2.05) is 6.07 Å². The highest BCUT2D eigenvalue weighted by Gasteiger charge is 2.13. The molecule has 0 aliphatic carbocycles. The van der Waals surface area contributed by atoms with Crippen LogP contribution in [-0.2, 0) is 0 Å². The van der Waals surface area contributed by atoms with Crippen molar-refractivity contribution in [1.29, 1.82) is 5.26 Å². The number of carbonyl (C=O) groups excluding carboxylic acids is 1. The molecule has 0 fully saturated rings. The zero-order valence-electron chi connectivity index (χ0n) is 10.6. The molecule has 1 amide bonds. The topological polar surface area (TPSA) is 52.9 Å². The van der Waals surface area contributed by atoms with Crippen molar-refractivity contribution in [2.75, 3.05) is 5.32 Å². The zero-order chi connectivity index (χ0) is 14.7. The Kier molecular flexibility index (Phi) is 4.02. The summed E-state index contributed by atoms with van der Waals surface area (Å²) < 4.78 is 13.7. The van der Waals surface area contributed by atoms with E-state index >= 15 is 0 Å². The summed E-state index contributed by atoms with van der Waals surface area (Å²) in [6.07, 6.45) is 0. The number of benzene rings is 2. The fraction of sp³-hybridized carbons (Fsp3) is 0.0667. The molecule has 2 aromatic carbocycles. The molecule has 0 aliphatic rings. The molecule has 0 radical (unpaired) electrons. The number of nitrogens with zero attached hydrogens (tertiary/aromatic N) is 1. The lowest BCUT2D eigenvalue weighted by atomic mass is 10.1. The maximum atomic E-state index is 13.7. The standard InChI is InChI=1S/C15H10ClFN2O/c1-9-2-4-11(13(17)6-9)15(20)19-14-5-3-10(8-18)7-12(14)16/h2-7H,1H3,(H,19,20). The molecule has 2 rings (SSSR count). The van der Waals surface area contributed by atoms with Crippen LogP contribution >= 0.6 is 11.6 Å². The summed E-state index contributed by atoms with van der Waals surface area (Å²) in [4.78, 5) is 12.0. The molecular formula is C15H10ClFN2O. The van der Waals surface area contributed by atoms with Gasteiger partial charge >= 0.3 is 0 Å². The second kappa shape index (κ2) is 5.72. The van der Waals surface area contributed by atoms with E-state index in [0.717, 1.165) is 5.56 Å². The number of aryl methyl sites for hydroxylation is 1. The Hall–Kier alpha value is -2.38. The van der Waals surface area contributed by atoms with Gasteiger partial charge in [-0.05, 0) is 42.8 Å². The van der Waals surface area contributed by atoms with Crippen LogP contribution < -0.4 is 5.32 Å². The van der Waals surface area contributed by atoms with Gasteiger partial charge in [0.15, 0.2) is 0 Å². The number of carbonyl (C=O) groups is 1. The zero-order valence-corrected chi connectivity index (χ0v) is 11.3. The SMILES string of the molecule is Cc1ccc(C(=O)Nc2ccc(C#N)cc2Cl)c(F)c1. The summed E-state index contributed by atoms with van der Waals surface area (Å²) in [6.45, 7) is 1.74. The molecular weight excluding hydrogens is 279 g/mol. The van der Waals surface area contributed by atoms with Crippen molar-refractivity contribution in [1.82, 2.24) is 0 Å². The number of halogens is 2. The van der Waals surface area contributed by atoms with E-state index in [1.165, 1.54) is 30.3 Å². The van der Waals surface area contributed by atoms with Gasteiger partial charge in [-0.2, -0.15) is 5.26 Å². The lowest BCUT2D eigenvalue weighted by molar-refractivity contribution is 0.102. The minimum Gasteiger partial charge on any atom is -0.321 e. The number of rotatable bonds is 2. The molecule has 0 aromatic heterocycles. The lowest BCUT2D eigenvalue weighted by Crippen LogP contribution is -2.14. The van der Waals surface area contributed by atoms with Gasteiger partial charge in [0, 0.05) is 0 Å². The highest BCUT2D eigenvalue weighted by molar-refractivity contribution is 6.34. The average molecular weight is 289 g/mol. The summed E-state index contributed by atoms with van der Waals surface area (Å²) in [5.41, 5.74) is 1.39.